The molecular weight excluding hydrogens is 496 g/mol. The molecule has 0 aliphatic carbocycles. The van der Waals surface area contributed by atoms with Crippen LogP contribution in [0.2, 0.25) is 0 Å². The zero-order chi connectivity index (χ0) is 28.9. The van der Waals surface area contributed by atoms with E-state index in [1.165, 1.54) is 66.8 Å². The highest BCUT2D eigenvalue weighted by molar-refractivity contribution is 5.93. The van der Waals surface area contributed by atoms with Gasteiger partial charge in [-0.2, -0.15) is 31.7 Å². The number of allylic oxidation sites excluding steroid dienone is 7. The van der Waals surface area contributed by atoms with Crippen LogP contribution in [0.1, 0.15) is 31.8 Å². The van der Waals surface area contributed by atoms with Crippen LogP contribution in [0.3, 0.4) is 0 Å². The number of benzene rings is 2. The molecule has 10 nitrogen and oxygen atoms in total. The van der Waals surface area contributed by atoms with Crippen LogP contribution in [0, 0.1) is 53.1 Å². The lowest BCUT2D eigenvalue weighted by Crippen LogP contribution is -2.05. The summed E-state index contributed by atoms with van der Waals surface area (Å²) < 4.78 is 0. The summed E-state index contributed by atoms with van der Waals surface area (Å²) in [7, 11) is 0. The third kappa shape index (κ3) is 6.78. The Morgan fingerprint density at radius 1 is 0.846 bits per heavy atom. The van der Waals surface area contributed by atoms with Crippen molar-refractivity contribution in [2.45, 2.75) is 0 Å². The van der Waals surface area contributed by atoms with Crippen LogP contribution < -0.4 is 0 Å². The fourth-order valence-corrected chi connectivity index (χ4v) is 3.39. The topological polar surface area (TPSA) is 177 Å². The van der Waals surface area contributed by atoms with Crippen LogP contribution in [0.5, 0.6) is 0 Å². The Balaban J connectivity index is 2.70. The molecule has 0 saturated carbocycles. The smallest absolute Gasteiger partial charge is 0.528 e. The molecular formula is C29H15N6O4-. The Hall–Kier alpha value is -6.54. The molecule has 39 heavy (non-hydrogen) atoms. The van der Waals surface area contributed by atoms with Gasteiger partial charge >= 0.3 is 17.8 Å². The largest absolute Gasteiger partial charge is 0.813 e. The number of carboxylic acids is 2. The number of hydrogen-bond donors (Lipinski definition) is 2. The number of nitriles is 3. The van der Waals surface area contributed by atoms with E-state index in [2.05, 4.69) is 9.69 Å². The van der Waals surface area contributed by atoms with E-state index in [0.717, 1.165) is 0 Å². The van der Waals surface area contributed by atoms with E-state index in [9.17, 15) is 30.8 Å². The van der Waals surface area contributed by atoms with Gasteiger partial charge in [0.2, 0.25) is 0 Å². The fraction of sp³-hybridized carbons (Fsp3) is 0.0345. The number of rotatable bonds is 9. The van der Waals surface area contributed by atoms with Gasteiger partial charge in [-0.05, 0) is 53.1 Å². The summed E-state index contributed by atoms with van der Waals surface area (Å²) in [5.74, 6) is -4.04. The molecule has 0 aliphatic heterocycles. The molecule has 0 bridgehead atoms. The van der Waals surface area contributed by atoms with Crippen molar-refractivity contribution in [3.8, 4) is 18.2 Å². The molecule has 0 amide bonds. The average molecular weight is 511 g/mol. The van der Waals surface area contributed by atoms with Gasteiger partial charge in [0.1, 0.15) is 13.1 Å². The van der Waals surface area contributed by atoms with Gasteiger partial charge in [-0.1, -0.05) is 30.3 Å². The highest BCUT2D eigenvalue weighted by Gasteiger charge is 2.21. The van der Waals surface area contributed by atoms with E-state index in [0.29, 0.717) is 11.8 Å². The first-order valence-electron chi connectivity index (χ1n) is 10.7. The fourth-order valence-electron chi connectivity index (χ4n) is 3.39. The molecule has 2 aromatic rings. The molecule has 2 aromatic carbocycles. The van der Waals surface area contributed by atoms with Crippen molar-refractivity contribution >= 4 is 29.3 Å². The number of hydrogen-bond acceptors (Lipinski definition) is 5. The van der Waals surface area contributed by atoms with Gasteiger partial charge in [-0.15, -0.1) is 0 Å². The SMILES string of the molecule is [C-]#[N+]C([N+]#[C-])=C(/C(C#N)=C/C=C/C(C#N)=C(\c1ccc(C(=O)O)cc1)C(C#N)C=[N-])c1ccc(C(=O)O)cc1. The third-order valence-electron chi connectivity index (χ3n) is 5.22. The molecule has 10 heteroatoms. The average Bonchev–Trinajstić information content (AvgIpc) is 2.95. The van der Waals surface area contributed by atoms with Crippen LogP contribution in [0.25, 0.3) is 26.2 Å². The highest BCUT2D eigenvalue weighted by atomic mass is 16.4. The number of aromatic carboxylic acids is 2. The van der Waals surface area contributed by atoms with E-state index in [1.54, 1.807) is 0 Å². The maximum atomic E-state index is 11.2. The Morgan fingerprint density at radius 3 is 1.72 bits per heavy atom. The molecule has 0 spiro atoms. The van der Waals surface area contributed by atoms with Crippen molar-refractivity contribution in [3.63, 3.8) is 0 Å². The standard InChI is InChI=1S/C29H15N6O4/c1-34-27(35-2)26(19-8-12-21(13-9-19)29(38)39)23(15-31)5-3-4-22(14-30)25(24(16-32)17-33)18-6-10-20(11-7-18)28(36)37/h3-13,16,24H,(H,36,37)(H,38,39)/q-1/b4-3+,23-5+,25-22-. The second-order valence-corrected chi connectivity index (χ2v) is 7.43. The van der Waals surface area contributed by atoms with Crippen molar-refractivity contribution < 1.29 is 19.8 Å². The van der Waals surface area contributed by atoms with Gasteiger partial charge in [0.25, 0.3) is 0 Å². The van der Waals surface area contributed by atoms with E-state index in [-0.39, 0.29) is 39.0 Å². The monoisotopic (exact) mass is 511 g/mol. The second-order valence-electron chi connectivity index (χ2n) is 7.43. The first kappa shape index (κ1) is 28.7. The van der Waals surface area contributed by atoms with Crippen LogP contribution in [0.15, 0.2) is 83.7 Å². The Kier molecular flexibility index (Phi) is 9.95. The molecule has 1 atom stereocenters. The van der Waals surface area contributed by atoms with Gasteiger partial charge in [-0.25, -0.2) is 9.59 Å². The third-order valence-corrected chi connectivity index (χ3v) is 5.22. The summed E-state index contributed by atoms with van der Waals surface area (Å²) in [4.78, 5) is 28.7. The molecule has 0 radical (unpaired) electrons. The summed E-state index contributed by atoms with van der Waals surface area (Å²) in [6.07, 6.45) is 4.36. The molecule has 2 rings (SSSR count). The maximum absolute atomic E-state index is 11.2. The van der Waals surface area contributed by atoms with Crippen LogP contribution in [-0.2, 0) is 0 Å². The van der Waals surface area contributed by atoms with Crippen molar-refractivity contribution in [2.24, 2.45) is 5.92 Å². The highest BCUT2D eigenvalue weighted by Crippen LogP contribution is 2.30. The van der Waals surface area contributed by atoms with Crippen LogP contribution in [-0.4, -0.2) is 28.4 Å². The van der Waals surface area contributed by atoms with E-state index in [4.69, 9.17) is 23.4 Å². The van der Waals surface area contributed by atoms with E-state index >= 15 is 0 Å². The van der Waals surface area contributed by atoms with Gasteiger partial charge in [0, 0.05) is 0 Å². The Labute approximate surface area is 223 Å². The number of carbonyl (C=O) groups is 2. The van der Waals surface area contributed by atoms with Crippen molar-refractivity contribution in [3.05, 3.63) is 134 Å². The van der Waals surface area contributed by atoms with Crippen molar-refractivity contribution in [1.82, 2.24) is 0 Å². The Morgan fingerprint density at radius 2 is 1.33 bits per heavy atom. The van der Waals surface area contributed by atoms with E-state index < -0.39 is 23.7 Å². The molecule has 2 N–H and O–H groups in total. The minimum Gasteiger partial charge on any atom is -0.813 e. The maximum Gasteiger partial charge on any atom is 0.528 e. The summed E-state index contributed by atoms with van der Waals surface area (Å²) in [6, 6.07) is 16.2. The molecule has 1 unspecified atom stereocenters. The second kappa shape index (κ2) is 13.5. The summed E-state index contributed by atoms with van der Waals surface area (Å²) >= 11 is 0. The minimum absolute atomic E-state index is 0.0265. The molecule has 0 aromatic heterocycles. The minimum atomic E-state index is -1.25. The number of nitrogens with zero attached hydrogens (tertiary/aromatic N) is 6. The predicted octanol–water partition coefficient (Wildman–Crippen LogP) is 5.35. The van der Waals surface area contributed by atoms with Crippen LogP contribution >= 0.6 is 0 Å². The molecule has 0 saturated heterocycles. The zero-order valence-electron chi connectivity index (χ0n) is 19.9. The lowest BCUT2D eigenvalue weighted by molar-refractivity contribution is 0.0686. The van der Waals surface area contributed by atoms with Crippen molar-refractivity contribution in [2.75, 3.05) is 0 Å². The molecule has 0 heterocycles. The first-order valence-corrected chi connectivity index (χ1v) is 10.7. The van der Waals surface area contributed by atoms with Crippen LogP contribution in [0.4, 0.5) is 0 Å². The van der Waals surface area contributed by atoms with Gasteiger partial charge in [0.05, 0.1) is 52.0 Å². The first-order chi connectivity index (χ1) is 18.8. The Bertz CT molecular complexity index is 1640. The lowest BCUT2D eigenvalue weighted by Gasteiger charge is -2.14. The van der Waals surface area contributed by atoms with Crippen molar-refractivity contribution in [1.29, 1.82) is 15.8 Å². The van der Waals surface area contributed by atoms with E-state index in [1.807, 2.05) is 18.2 Å². The van der Waals surface area contributed by atoms with Gasteiger partial charge in [-0.3, -0.25) is 0 Å². The summed E-state index contributed by atoms with van der Waals surface area (Å²) in [5, 5.41) is 57.0. The normalized spacial score (nSPS) is 11.8. The molecule has 186 valence electrons. The quantitative estimate of drug-likeness (QED) is 0.197. The zero-order valence-corrected chi connectivity index (χ0v) is 19.9. The molecule has 0 aliphatic rings. The summed E-state index contributed by atoms with van der Waals surface area (Å²) in [5.41, 5.74) is 0.291. The van der Waals surface area contributed by atoms with Gasteiger partial charge in [0.15, 0.2) is 0 Å². The number of carboxylic acid groups (broad SMARTS) is 2. The molecule has 0 fully saturated rings. The predicted molar refractivity (Wildman–Crippen MR) is 141 cm³/mol. The van der Waals surface area contributed by atoms with Gasteiger partial charge < -0.3 is 15.6 Å². The lowest BCUT2D eigenvalue weighted by atomic mass is 9.89. The summed E-state index contributed by atoms with van der Waals surface area (Å²) in [6.45, 7) is 14.7.